The molecule has 0 aliphatic rings. The Morgan fingerprint density at radius 3 is 2.44 bits per heavy atom. The van der Waals surface area contributed by atoms with Gasteiger partial charge in [0, 0.05) is 33.4 Å². The maximum absolute atomic E-state index is 10.9. The zero-order valence-electron chi connectivity index (χ0n) is 9.53. The summed E-state index contributed by atoms with van der Waals surface area (Å²) in [6, 6.07) is 1.63. The monoisotopic (exact) mass is 227 g/mol. The van der Waals surface area contributed by atoms with Crippen LogP contribution in [0, 0.1) is 11.3 Å². The Labute approximate surface area is 95.6 Å². The van der Waals surface area contributed by atoms with Crippen molar-refractivity contribution in [2.45, 2.75) is 12.8 Å². The number of ether oxygens (including phenoxy) is 3. The van der Waals surface area contributed by atoms with Gasteiger partial charge in [-0.25, -0.2) is 4.79 Å². The molecule has 0 aliphatic carbocycles. The van der Waals surface area contributed by atoms with Crippen molar-refractivity contribution in [1.82, 2.24) is 0 Å². The zero-order chi connectivity index (χ0) is 12.2. The molecular formula is C11H17NO4. The lowest BCUT2D eigenvalue weighted by Gasteiger charge is -2.04. The molecule has 0 aromatic rings. The molecule has 0 aromatic carbocycles. The standard InChI is InChI=1S/C11H17NO4/c1-10(9-12)11(13)16-8-4-7-15-6-3-5-14-2/h1,3-8H2,2H3. The van der Waals surface area contributed by atoms with Crippen LogP contribution in [0.5, 0.6) is 0 Å². The van der Waals surface area contributed by atoms with Gasteiger partial charge in [0.2, 0.25) is 0 Å². The van der Waals surface area contributed by atoms with E-state index in [-0.39, 0.29) is 12.2 Å². The fraction of sp³-hybridized carbons (Fsp3) is 0.636. The maximum Gasteiger partial charge on any atom is 0.348 e. The molecule has 90 valence electrons. The van der Waals surface area contributed by atoms with Gasteiger partial charge in [0.05, 0.1) is 6.61 Å². The highest BCUT2D eigenvalue weighted by Crippen LogP contribution is 1.94. The van der Waals surface area contributed by atoms with Crippen LogP contribution in [0.4, 0.5) is 0 Å². The highest BCUT2D eigenvalue weighted by Gasteiger charge is 2.06. The highest BCUT2D eigenvalue weighted by molar-refractivity contribution is 5.91. The molecule has 5 nitrogen and oxygen atoms in total. The molecule has 0 fully saturated rings. The van der Waals surface area contributed by atoms with Crippen molar-refractivity contribution in [2.75, 3.05) is 33.5 Å². The third kappa shape index (κ3) is 7.97. The van der Waals surface area contributed by atoms with Gasteiger partial charge in [0.1, 0.15) is 11.6 Å². The summed E-state index contributed by atoms with van der Waals surface area (Å²) >= 11 is 0. The van der Waals surface area contributed by atoms with E-state index >= 15 is 0 Å². The first-order valence-electron chi connectivity index (χ1n) is 5.05. The van der Waals surface area contributed by atoms with Crippen molar-refractivity contribution >= 4 is 5.97 Å². The minimum atomic E-state index is -0.665. The lowest BCUT2D eigenvalue weighted by molar-refractivity contribution is -0.138. The average molecular weight is 227 g/mol. The summed E-state index contributed by atoms with van der Waals surface area (Å²) < 4.78 is 14.9. The predicted octanol–water partition coefficient (Wildman–Crippen LogP) is 1.05. The minimum absolute atomic E-state index is 0.180. The second kappa shape index (κ2) is 10.1. The van der Waals surface area contributed by atoms with E-state index in [2.05, 4.69) is 6.58 Å². The van der Waals surface area contributed by atoms with E-state index in [0.717, 1.165) is 6.42 Å². The van der Waals surface area contributed by atoms with E-state index < -0.39 is 5.97 Å². The van der Waals surface area contributed by atoms with Crippen LogP contribution in [0.25, 0.3) is 0 Å². The van der Waals surface area contributed by atoms with E-state index in [1.807, 2.05) is 0 Å². The summed E-state index contributed by atoms with van der Waals surface area (Å²) in [5, 5.41) is 8.34. The zero-order valence-corrected chi connectivity index (χ0v) is 9.53. The summed E-state index contributed by atoms with van der Waals surface area (Å²) in [7, 11) is 1.64. The first-order valence-corrected chi connectivity index (χ1v) is 5.05. The molecule has 5 heteroatoms. The molecule has 0 unspecified atom stereocenters. The average Bonchev–Trinajstić information content (AvgIpc) is 2.31. The molecule has 0 radical (unpaired) electrons. The molecule has 0 aliphatic heterocycles. The molecule has 0 rings (SSSR count). The summed E-state index contributed by atoms with van der Waals surface area (Å²) in [6.45, 7) is 5.31. The lowest BCUT2D eigenvalue weighted by Crippen LogP contribution is -2.09. The third-order valence-electron chi connectivity index (χ3n) is 1.68. The van der Waals surface area contributed by atoms with E-state index in [1.165, 1.54) is 0 Å². The molecule has 0 saturated carbocycles. The Morgan fingerprint density at radius 1 is 1.25 bits per heavy atom. The normalized spacial score (nSPS) is 9.50. The number of hydrogen-bond acceptors (Lipinski definition) is 5. The van der Waals surface area contributed by atoms with Crippen molar-refractivity contribution in [3.63, 3.8) is 0 Å². The summed E-state index contributed by atoms with van der Waals surface area (Å²) in [4.78, 5) is 10.9. The molecular weight excluding hydrogens is 210 g/mol. The molecule has 0 saturated heterocycles. The van der Waals surface area contributed by atoms with Gasteiger partial charge in [0.25, 0.3) is 0 Å². The fourth-order valence-electron chi connectivity index (χ4n) is 0.866. The molecule has 0 atom stereocenters. The van der Waals surface area contributed by atoms with Crippen LogP contribution in [0.1, 0.15) is 12.8 Å². The van der Waals surface area contributed by atoms with Gasteiger partial charge in [0.15, 0.2) is 0 Å². The van der Waals surface area contributed by atoms with Crippen LogP contribution in [0.2, 0.25) is 0 Å². The molecule has 0 heterocycles. The molecule has 0 aromatic heterocycles. The molecule has 16 heavy (non-hydrogen) atoms. The Bertz CT molecular complexity index is 257. The van der Waals surface area contributed by atoms with Crippen molar-refractivity contribution in [3.8, 4) is 6.07 Å². The van der Waals surface area contributed by atoms with Gasteiger partial charge >= 0.3 is 5.97 Å². The van der Waals surface area contributed by atoms with Gasteiger partial charge in [-0.15, -0.1) is 0 Å². The minimum Gasteiger partial charge on any atom is -0.461 e. The fourth-order valence-corrected chi connectivity index (χ4v) is 0.866. The van der Waals surface area contributed by atoms with Crippen molar-refractivity contribution in [1.29, 1.82) is 5.26 Å². The molecule has 0 amide bonds. The number of nitriles is 1. The number of rotatable bonds is 9. The van der Waals surface area contributed by atoms with Gasteiger partial charge in [-0.2, -0.15) is 5.26 Å². The number of methoxy groups -OCH3 is 1. The second-order valence-electron chi connectivity index (χ2n) is 3.04. The number of carbonyl (C=O) groups excluding carboxylic acids is 1. The number of carbonyl (C=O) groups is 1. The number of esters is 1. The van der Waals surface area contributed by atoms with Crippen molar-refractivity contribution < 1.29 is 19.0 Å². The van der Waals surface area contributed by atoms with Crippen LogP contribution in [-0.2, 0) is 19.0 Å². The van der Waals surface area contributed by atoms with Gasteiger partial charge in [-0.3, -0.25) is 0 Å². The smallest absolute Gasteiger partial charge is 0.348 e. The Kier molecular flexibility index (Phi) is 9.27. The Hall–Kier alpha value is -1.38. The van der Waals surface area contributed by atoms with Gasteiger partial charge < -0.3 is 14.2 Å². The molecule has 0 spiro atoms. The quantitative estimate of drug-likeness (QED) is 0.255. The second-order valence-corrected chi connectivity index (χ2v) is 3.04. The number of nitrogens with zero attached hydrogens (tertiary/aromatic N) is 1. The van der Waals surface area contributed by atoms with E-state index in [9.17, 15) is 4.79 Å². The van der Waals surface area contributed by atoms with Gasteiger partial charge in [-0.05, 0) is 6.42 Å². The number of hydrogen-bond donors (Lipinski definition) is 0. The Morgan fingerprint density at radius 2 is 1.88 bits per heavy atom. The van der Waals surface area contributed by atoms with Crippen LogP contribution in [0.3, 0.4) is 0 Å². The van der Waals surface area contributed by atoms with E-state index in [1.54, 1.807) is 13.2 Å². The van der Waals surface area contributed by atoms with E-state index in [4.69, 9.17) is 19.5 Å². The van der Waals surface area contributed by atoms with Crippen molar-refractivity contribution in [2.24, 2.45) is 0 Å². The first-order chi connectivity index (χ1) is 7.72. The summed E-state index contributed by atoms with van der Waals surface area (Å²) in [6.07, 6.45) is 1.46. The topological polar surface area (TPSA) is 68.6 Å². The third-order valence-corrected chi connectivity index (χ3v) is 1.68. The van der Waals surface area contributed by atoms with Crippen molar-refractivity contribution in [3.05, 3.63) is 12.2 Å². The van der Waals surface area contributed by atoms with Gasteiger partial charge in [-0.1, -0.05) is 6.58 Å². The first kappa shape index (κ1) is 14.6. The van der Waals surface area contributed by atoms with Crippen LogP contribution >= 0.6 is 0 Å². The summed E-state index contributed by atoms with van der Waals surface area (Å²) in [5.41, 5.74) is -0.180. The SMILES string of the molecule is C=C(C#N)C(=O)OCCCOCCCOC. The lowest BCUT2D eigenvalue weighted by atomic mass is 10.3. The largest absolute Gasteiger partial charge is 0.461 e. The Balaban J connectivity index is 3.25. The molecule has 0 bridgehead atoms. The van der Waals surface area contributed by atoms with Crippen LogP contribution < -0.4 is 0 Å². The highest BCUT2D eigenvalue weighted by atomic mass is 16.5. The van der Waals surface area contributed by atoms with Crippen LogP contribution in [0.15, 0.2) is 12.2 Å². The van der Waals surface area contributed by atoms with Crippen LogP contribution in [-0.4, -0.2) is 39.5 Å². The molecule has 0 N–H and O–H groups in total. The maximum atomic E-state index is 10.9. The predicted molar refractivity (Wildman–Crippen MR) is 57.6 cm³/mol. The summed E-state index contributed by atoms with van der Waals surface area (Å²) in [5.74, 6) is -0.665. The van der Waals surface area contributed by atoms with E-state index in [0.29, 0.717) is 26.2 Å².